The standard InChI is InChI=1S/C14H22N4O/c1-14(2,8-16-7-11(19)6-15)10-3-4-12-13(5-10)18-9-17-12/h3-5,9,11,16,19H,6-8,15H2,1-2H3,(H,17,18). The summed E-state index contributed by atoms with van der Waals surface area (Å²) in [7, 11) is 0. The minimum Gasteiger partial charge on any atom is -0.390 e. The van der Waals surface area contributed by atoms with E-state index in [2.05, 4.69) is 41.3 Å². The zero-order chi connectivity index (χ0) is 13.9. The highest BCUT2D eigenvalue weighted by Gasteiger charge is 2.21. The number of nitrogens with one attached hydrogen (secondary N) is 2. The van der Waals surface area contributed by atoms with Crippen molar-refractivity contribution in [1.82, 2.24) is 15.3 Å². The number of aliphatic hydroxyl groups excluding tert-OH is 1. The summed E-state index contributed by atoms with van der Waals surface area (Å²) in [6.45, 7) is 5.93. The number of aromatic amines is 1. The third kappa shape index (κ3) is 3.32. The van der Waals surface area contributed by atoms with Crippen LogP contribution < -0.4 is 11.1 Å². The Morgan fingerprint density at radius 3 is 3.00 bits per heavy atom. The monoisotopic (exact) mass is 262 g/mol. The fourth-order valence-corrected chi connectivity index (χ4v) is 2.09. The molecule has 0 aliphatic heterocycles. The number of aliphatic hydroxyl groups is 1. The van der Waals surface area contributed by atoms with Gasteiger partial charge >= 0.3 is 0 Å². The van der Waals surface area contributed by atoms with E-state index in [-0.39, 0.29) is 12.0 Å². The van der Waals surface area contributed by atoms with Gasteiger partial charge in [-0.3, -0.25) is 0 Å². The van der Waals surface area contributed by atoms with Crippen LogP contribution in [-0.4, -0.2) is 40.8 Å². The van der Waals surface area contributed by atoms with Crippen LogP contribution in [0.5, 0.6) is 0 Å². The topological polar surface area (TPSA) is 87.0 Å². The second-order valence-corrected chi connectivity index (χ2v) is 5.54. The minimum atomic E-state index is -0.481. The number of H-pyrrole nitrogens is 1. The molecule has 0 fully saturated rings. The second-order valence-electron chi connectivity index (χ2n) is 5.54. The zero-order valence-electron chi connectivity index (χ0n) is 11.5. The van der Waals surface area contributed by atoms with Gasteiger partial charge in [0.2, 0.25) is 0 Å². The molecule has 0 aliphatic rings. The Balaban J connectivity index is 2.05. The molecule has 1 aromatic carbocycles. The molecular weight excluding hydrogens is 240 g/mol. The van der Waals surface area contributed by atoms with E-state index in [1.54, 1.807) is 6.33 Å². The number of nitrogens with zero attached hydrogens (tertiary/aromatic N) is 1. The Morgan fingerprint density at radius 2 is 2.26 bits per heavy atom. The molecule has 0 saturated carbocycles. The molecule has 5 heteroatoms. The van der Waals surface area contributed by atoms with Crippen LogP contribution in [0.4, 0.5) is 0 Å². The molecule has 1 heterocycles. The van der Waals surface area contributed by atoms with Crippen LogP contribution >= 0.6 is 0 Å². The molecule has 1 atom stereocenters. The van der Waals surface area contributed by atoms with Gasteiger partial charge in [0, 0.05) is 25.0 Å². The molecule has 19 heavy (non-hydrogen) atoms. The van der Waals surface area contributed by atoms with Crippen molar-refractivity contribution in [3.8, 4) is 0 Å². The van der Waals surface area contributed by atoms with Gasteiger partial charge in [-0.05, 0) is 17.7 Å². The van der Waals surface area contributed by atoms with E-state index in [1.807, 2.05) is 6.07 Å². The van der Waals surface area contributed by atoms with Crippen LogP contribution in [0.25, 0.3) is 11.0 Å². The fourth-order valence-electron chi connectivity index (χ4n) is 2.09. The normalized spacial score (nSPS) is 13.9. The number of imidazole rings is 1. The summed E-state index contributed by atoms with van der Waals surface area (Å²) in [6, 6.07) is 6.26. The molecule has 0 radical (unpaired) electrons. The predicted octanol–water partition coefficient (Wildman–Crippen LogP) is 0.750. The molecule has 0 saturated heterocycles. The van der Waals surface area contributed by atoms with Crippen molar-refractivity contribution < 1.29 is 5.11 Å². The van der Waals surface area contributed by atoms with E-state index in [0.29, 0.717) is 6.54 Å². The van der Waals surface area contributed by atoms with E-state index >= 15 is 0 Å². The third-order valence-electron chi connectivity index (χ3n) is 3.42. The molecular formula is C14H22N4O. The molecule has 0 bridgehead atoms. The van der Waals surface area contributed by atoms with Crippen LogP contribution in [0, 0.1) is 0 Å². The van der Waals surface area contributed by atoms with Crippen LogP contribution in [0.1, 0.15) is 19.4 Å². The number of benzene rings is 1. The van der Waals surface area contributed by atoms with Crippen LogP contribution in [0.15, 0.2) is 24.5 Å². The van der Waals surface area contributed by atoms with Gasteiger partial charge in [-0.15, -0.1) is 0 Å². The van der Waals surface area contributed by atoms with Crippen LogP contribution in [0.3, 0.4) is 0 Å². The van der Waals surface area contributed by atoms with Crippen molar-refractivity contribution in [3.05, 3.63) is 30.1 Å². The maximum atomic E-state index is 9.44. The average molecular weight is 262 g/mol. The zero-order valence-corrected chi connectivity index (χ0v) is 11.5. The number of aromatic nitrogens is 2. The first kappa shape index (κ1) is 14.0. The molecule has 0 aliphatic carbocycles. The highest BCUT2D eigenvalue weighted by atomic mass is 16.3. The van der Waals surface area contributed by atoms with Crippen molar-refractivity contribution in [2.75, 3.05) is 19.6 Å². The quantitative estimate of drug-likeness (QED) is 0.619. The van der Waals surface area contributed by atoms with E-state index in [4.69, 9.17) is 5.73 Å². The Hall–Kier alpha value is -1.43. The average Bonchev–Trinajstić information content (AvgIpc) is 2.85. The molecule has 5 nitrogen and oxygen atoms in total. The maximum Gasteiger partial charge on any atom is 0.0931 e. The van der Waals surface area contributed by atoms with Crippen molar-refractivity contribution >= 4 is 11.0 Å². The molecule has 5 N–H and O–H groups in total. The molecule has 2 aromatic rings. The van der Waals surface area contributed by atoms with E-state index in [0.717, 1.165) is 17.6 Å². The smallest absolute Gasteiger partial charge is 0.0931 e. The molecule has 0 spiro atoms. The lowest BCUT2D eigenvalue weighted by atomic mass is 9.84. The third-order valence-corrected chi connectivity index (χ3v) is 3.42. The number of rotatable bonds is 6. The predicted molar refractivity (Wildman–Crippen MR) is 77.1 cm³/mol. The fraction of sp³-hybridized carbons (Fsp3) is 0.500. The lowest BCUT2D eigenvalue weighted by molar-refractivity contribution is 0.177. The molecule has 104 valence electrons. The van der Waals surface area contributed by atoms with Gasteiger partial charge in [0.15, 0.2) is 0 Å². The summed E-state index contributed by atoms with van der Waals surface area (Å²) in [5.41, 5.74) is 8.62. The van der Waals surface area contributed by atoms with Gasteiger partial charge in [-0.25, -0.2) is 4.98 Å². The van der Waals surface area contributed by atoms with Gasteiger partial charge in [0.05, 0.1) is 23.5 Å². The largest absolute Gasteiger partial charge is 0.390 e. The highest BCUT2D eigenvalue weighted by Crippen LogP contribution is 2.24. The van der Waals surface area contributed by atoms with E-state index in [9.17, 15) is 5.11 Å². The number of fused-ring (bicyclic) bond motifs is 1. The van der Waals surface area contributed by atoms with Gasteiger partial charge in [-0.2, -0.15) is 0 Å². The van der Waals surface area contributed by atoms with Crippen molar-refractivity contribution in [2.24, 2.45) is 5.73 Å². The van der Waals surface area contributed by atoms with Crippen molar-refractivity contribution in [1.29, 1.82) is 0 Å². The van der Waals surface area contributed by atoms with Gasteiger partial charge in [-0.1, -0.05) is 19.9 Å². The lowest BCUT2D eigenvalue weighted by Gasteiger charge is -2.26. The highest BCUT2D eigenvalue weighted by molar-refractivity contribution is 5.75. The second kappa shape index (κ2) is 5.69. The van der Waals surface area contributed by atoms with Crippen molar-refractivity contribution in [2.45, 2.75) is 25.4 Å². The van der Waals surface area contributed by atoms with Gasteiger partial charge in [0.1, 0.15) is 0 Å². The molecule has 0 amide bonds. The Morgan fingerprint density at radius 1 is 1.47 bits per heavy atom. The number of hydrogen-bond donors (Lipinski definition) is 4. The number of hydrogen-bond acceptors (Lipinski definition) is 4. The minimum absolute atomic E-state index is 0.0202. The summed E-state index contributed by atoms with van der Waals surface area (Å²) in [6.07, 6.45) is 1.22. The maximum absolute atomic E-state index is 9.44. The summed E-state index contributed by atoms with van der Waals surface area (Å²) in [5, 5.41) is 12.7. The number of nitrogens with two attached hydrogens (primary N) is 1. The van der Waals surface area contributed by atoms with Gasteiger partial charge < -0.3 is 21.1 Å². The Kier molecular flexibility index (Phi) is 4.19. The Labute approximate surface area is 113 Å². The summed E-state index contributed by atoms with van der Waals surface area (Å²) in [5.74, 6) is 0. The van der Waals surface area contributed by atoms with E-state index in [1.165, 1.54) is 5.56 Å². The molecule has 1 unspecified atom stereocenters. The van der Waals surface area contributed by atoms with Crippen LogP contribution in [-0.2, 0) is 5.41 Å². The summed E-state index contributed by atoms with van der Waals surface area (Å²) in [4.78, 5) is 7.35. The summed E-state index contributed by atoms with van der Waals surface area (Å²) < 4.78 is 0. The first-order valence-corrected chi connectivity index (χ1v) is 6.55. The lowest BCUT2D eigenvalue weighted by Crippen LogP contribution is -2.39. The molecule has 2 rings (SSSR count). The SMILES string of the molecule is CC(C)(CNCC(O)CN)c1ccc2nc[nH]c2c1. The molecule has 1 aromatic heterocycles. The first-order chi connectivity index (χ1) is 9.03. The van der Waals surface area contributed by atoms with E-state index < -0.39 is 6.10 Å². The van der Waals surface area contributed by atoms with Gasteiger partial charge in [0.25, 0.3) is 0 Å². The first-order valence-electron chi connectivity index (χ1n) is 6.55. The summed E-state index contributed by atoms with van der Waals surface area (Å²) >= 11 is 0. The van der Waals surface area contributed by atoms with Crippen LogP contribution in [0.2, 0.25) is 0 Å². The Bertz CT molecular complexity index is 535. The van der Waals surface area contributed by atoms with Crippen molar-refractivity contribution in [3.63, 3.8) is 0 Å².